The van der Waals surface area contributed by atoms with E-state index in [0.29, 0.717) is 63.4 Å². The second kappa shape index (κ2) is 26.5. The maximum absolute atomic E-state index is 14.5. The molecule has 3 heterocycles. The Balaban J connectivity index is 1.76. The third kappa shape index (κ3) is 16.2. The van der Waals surface area contributed by atoms with Crippen LogP contribution in [0.15, 0.2) is 47.6 Å². The molecule has 15 atom stereocenters. The summed E-state index contributed by atoms with van der Waals surface area (Å²) in [5.74, 6) is -7.43. The summed E-state index contributed by atoms with van der Waals surface area (Å²) in [6, 6.07) is -1.13. The normalized spacial score (nSPS) is 39.0. The molecule has 2 N–H and O–H groups in total. The van der Waals surface area contributed by atoms with Gasteiger partial charge < -0.3 is 43.2 Å². The van der Waals surface area contributed by atoms with Gasteiger partial charge in [-0.25, -0.2) is 4.79 Å². The van der Waals surface area contributed by atoms with Crippen LogP contribution in [0.5, 0.6) is 0 Å². The largest absolute Gasteiger partial charge is 0.460 e. The van der Waals surface area contributed by atoms with Crippen LogP contribution in [-0.2, 0) is 52.1 Å². The predicted molar refractivity (Wildman–Crippen MR) is 267 cm³/mol. The molecule has 0 unspecified atom stereocenters. The van der Waals surface area contributed by atoms with Gasteiger partial charge in [0.15, 0.2) is 14.1 Å². The number of nitrogens with zero attached hydrogens (tertiary/aromatic N) is 1. The van der Waals surface area contributed by atoms with Gasteiger partial charge in [0.05, 0.1) is 30.5 Å². The number of amides is 1. The molecular formula is C54H87NO13Si. The van der Waals surface area contributed by atoms with E-state index >= 15 is 0 Å². The molecule has 0 radical (unpaired) electrons. The fourth-order valence-electron chi connectivity index (χ4n) is 10.6. The fraction of sp³-hybridized carbons (Fsp3) is 0.759. The highest BCUT2D eigenvalue weighted by Crippen LogP contribution is 2.38. The lowest BCUT2D eigenvalue weighted by Gasteiger charge is -2.42. The number of carbonyl (C=O) groups excluding carboxylic acids is 5. The molecule has 0 aromatic rings. The number of ether oxygens (including phenoxy) is 5. The number of esters is 1. The molecule has 2 bridgehead atoms. The maximum atomic E-state index is 14.5. The Morgan fingerprint density at radius 2 is 1.55 bits per heavy atom. The first kappa shape index (κ1) is 58.4. The standard InChI is InChI=1S/C54H87NO13Si/c1-33-19-15-14-16-20-34(2)45(63-8)31-41-24-22-39(7)54(62,67-41)51(59)52(60)55-26-18-17-21-42(55)53(61)66-46(36(4)29-40-23-25-43(56)47(30-40)64-9)32-44(57)35(3)28-38(6)49(68-69(11,12)13)50(65-10)48(58)37(5)27-33/h14-16,19-20,28,33,35-37,39-43,45-47,49-50,56,62H,17-18,21-27,29-32H2,1-13H3/b16-14+,19-15+,34-20+,38-28+/t33-,35-,36+,37-,39-,40+,41+,42+,43-,45+,46+,47-,49+,50+,54-/m1/s1. The van der Waals surface area contributed by atoms with E-state index in [1.54, 1.807) is 28.1 Å². The molecule has 0 aromatic heterocycles. The zero-order chi connectivity index (χ0) is 51.4. The Labute approximate surface area is 414 Å². The Kier molecular flexibility index (Phi) is 22.4. The second-order valence-corrected chi connectivity index (χ2v) is 26.3. The number of ketones is 3. The molecule has 3 fully saturated rings. The molecule has 1 amide bonds. The van der Waals surface area contributed by atoms with Crippen LogP contribution in [0.1, 0.15) is 126 Å². The molecule has 0 spiro atoms. The Morgan fingerprint density at radius 1 is 0.841 bits per heavy atom. The van der Waals surface area contributed by atoms with E-state index in [0.717, 1.165) is 12.0 Å². The second-order valence-electron chi connectivity index (χ2n) is 21.8. The predicted octanol–water partition coefficient (Wildman–Crippen LogP) is 8.04. The molecule has 4 rings (SSSR count). The molecule has 15 heteroatoms. The third-order valence-electron chi connectivity index (χ3n) is 14.9. The van der Waals surface area contributed by atoms with Crippen molar-refractivity contribution in [1.29, 1.82) is 0 Å². The molecule has 1 aliphatic carbocycles. The molecule has 3 aliphatic heterocycles. The number of allylic oxidation sites excluding steroid dienone is 6. The van der Waals surface area contributed by atoms with E-state index < -0.39 is 86.3 Å². The third-order valence-corrected chi connectivity index (χ3v) is 15.9. The average Bonchev–Trinajstić information content (AvgIpc) is 3.30. The monoisotopic (exact) mass is 986 g/mol. The summed E-state index contributed by atoms with van der Waals surface area (Å²) in [6.07, 6.45) is 12.7. The van der Waals surface area contributed by atoms with Gasteiger partial charge in [-0.15, -0.1) is 0 Å². The highest BCUT2D eigenvalue weighted by molar-refractivity contribution is 6.69. The topological polar surface area (TPSA) is 184 Å². The quantitative estimate of drug-likeness (QED) is 0.103. The van der Waals surface area contributed by atoms with E-state index in [1.807, 2.05) is 83.8 Å². The van der Waals surface area contributed by atoms with Crippen molar-refractivity contribution >= 4 is 37.5 Å². The van der Waals surface area contributed by atoms with Gasteiger partial charge in [0.1, 0.15) is 24.0 Å². The number of Topliss-reactive ketones (excluding diaryl/α,β-unsaturated/α-hetero) is 3. The van der Waals surface area contributed by atoms with Crippen LogP contribution in [0.3, 0.4) is 0 Å². The maximum Gasteiger partial charge on any atom is 0.329 e. The van der Waals surface area contributed by atoms with Crippen LogP contribution < -0.4 is 0 Å². The molecule has 14 nitrogen and oxygen atoms in total. The SMILES string of the molecule is CO[C@H]1C[C@@H]2CC[C@@H](C)[C@@](O)(O2)C(=O)C(=O)N2CCCC[C@H]2C(=O)O[C@H]([C@@H](C)C[C@@H]2CC[C@@H](O)[C@H](OC)C2)CC(=O)[C@H](C)/C=C(\C)[C@H](O[Si](C)(C)C)[C@@H](OC)C(=O)[C@H](C)C[C@H](C)/C=C/C=C/C=C/1C. The van der Waals surface area contributed by atoms with E-state index in [-0.39, 0.29) is 60.7 Å². The molecular weight excluding hydrogens is 899 g/mol. The van der Waals surface area contributed by atoms with Gasteiger partial charge in [-0.2, -0.15) is 0 Å². The lowest BCUT2D eigenvalue weighted by molar-refractivity contribution is -0.265. The Hall–Kier alpha value is -3.15. The van der Waals surface area contributed by atoms with Gasteiger partial charge in [0, 0.05) is 58.5 Å². The summed E-state index contributed by atoms with van der Waals surface area (Å²) in [5, 5.41) is 22.5. The number of aliphatic hydroxyl groups is 2. The molecule has 4 aliphatic rings. The van der Waals surface area contributed by atoms with Gasteiger partial charge in [-0.1, -0.05) is 71.1 Å². The lowest BCUT2D eigenvalue weighted by Crippen LogP contribution is -2.61. The van der Waals surface area contributed by atoms with Crippen LogP contribution in [-0.4, -0.2) is 135 Å². The zero-order valence-electron chi connectivity index (χ0n) is 44.1. The van der Waals surface area contributed by atoms with Crippen molar-refractivity contribution in [3.63, 3.8) is 0 Å². The number of fused-ring (bicyclic) bond motifs is 3. The van der Waals surface area contributed by atoms with E-state index in [1.165, 1.54) is 12.0 Å². The van der Waals surface area contributed by atoms with Crippen LogP contribution in [0, 0.1) is 35.5 Å². The van der Waals surface area contributed by atoms with Crippen molar-refractivity contribution in [3.05, 3.63) is 47.6 Å². The van der Waals surface area contributed by atoms with Crippen molar-refractivity contribution in [1.82, 2.24) is 4.90 Å². The van der Waals surface area contributed by atoms with Crippen molar-refractivity contribution < 1.29 is 62.3 Å². The summed E-state index contributed by atoms with van der Waals surface area (Å²) < 4.78 is 36.7. The molecule has 390 valence electrons. The van der Waals surface area contributed by atoms with Gasteiger partial charge >= 0.3 is 5.97 Å². The highest BCUT2D eigenvalue weighted by atomic mass is 28.4. The van der Waals surface area contributed by atoms with Crippen LogP contribution in [0.4, 0.5) is 0 Å². The van der Waals surface area contributed by atoms with E-state index in [4.69, 9.17) is 28.1 Å². The van der Waals surface area contributed by atoms with Crippen LogP contribution in [0.2, 0.25) is 19.6 Å². The lowest BCUT2D eigenvalue weighted by atomic mass is 9.78. The number of hydrogen-bond donors (Lipinski definition) is 2. The molecule has 0 aromatic carbocycles. The Bertz CT molecular complexity index is 1870. The smallest absolute Gasteiger partial charge is 0.329 e. The number of rotatable bonds is 8. The number of aliphatic hydroxyl groups excluding tert-OH is 1. The summed E-state index contributed by atoms with van der Waals surface area (Å²) in [6.45, 7) is 19.4. The van der Waals surface area contributed by atoms with Crippen molar-refractivity contribution in [3.8, 4) is 0 Å². The van der Waals surface area contributed by atoms with Crippen LogP contribution >= 0.6 is 0 Å². The van der Waals surface area contributed by atoms with E-state index in [2.05, 4.69) is 6.92 Å². The van der Waals surface area contributed by atoms with Crippen molar-refractivity contribution in [2.45, 2.75) is 200 Å². The Morgan fingerprint density at radius 3 is 2.20 bits per heavy atom. The first-order chi connectivity index (χ1) is 32.4. The molecule has 1 saturated carbocycles. The zero-order valence-corrected chi connectivity index (χ0v) is 45.1. The minimum Gasteiger partial charge on any atom is -0.460 e. The number of carbonyl (C=O) groups is 5. The van der Waals surface area contributed by atoms with Gasteiger partial charge in [-0.05, 0) is 127 Å². The average molecular weight is 986 g/mol. The summed E-state index contributed by atoms with van der Waals surface area (Å²) in [7, 11) is 2.40. The van der Waals surface area contributed by atoms with Gasteiger partial charge in [0.2, 0.25) is 5.79 Å². The van der Waals surface area contributed by atoms with Crippen molar-refractivity contribution in [2.24, 2.45) is 35.5 Å². The molecule has 69 heavy (non-hydrogen) atoms. The number of cyclic esters (lactones) is 1. The first-order valence-electron chi connectivity index (χ1n) is 25.6. The number of hydrogen-bond acceptors (Lipinski definition) is 13. The number of piperidine rings is 1. The van der Waals surface area contributed by atoms with Gasteiger partial charge in [0.25, 0.3) is 11.7 Å². The number of methoxy groups -OCH3 is 3. The highest BCUT2D eigenvalue weighted by Gasteiger charge is 2.53. The fourth-order valence-corrected chi connectivity index (χ4v) is 11.7. The summed E-state index contributed by atoms with van der Waals surface area (Å²) in [5.41, 5.74) is 1.58. The van der Waals surface area contributed by atoms with Crippen molar-refractivity contribution in [2.75, 3.05) is 27.9 Å². The minimum absolute atomic E-state index is 0.0556. The van der Waals surface area contributed by atoms with Gasteiger partial charge in [-0.3, -0.25) is 19.2 Å². The summed E-state index contributed by atoms with van der Waals surface area (Å²) in [4.78, 5) is 73.1. The minimum atomic E-state index is -2.42. The van der Waals surface area contributed by atoms with E-state index in [9.17, 15) is 34.2 Å². The molecule has 2 saturated heterocycles. The first-order valence-corrected chi connectivity index (χ1v) is 29.0. The summed E-state index contributed by atoms with van der Waals surface area (Å²) >= 11 is 0. The van der Waals surface area contributed by atoms with Crippen LogP contribution in [0.25, 0.3) is 0 Å².